The molecule has 4 nitrogen and oxygen atoms in total. The number of ketones is 2. The fraction of sp³-hybridized carbons (Fsp3) is 0.125. The monoisotopic (exact) mass is 268 g/mol. The van der Waals surface area contributed by atoms with Crippen LogP contribution in [0.3, 0.4) is 0 Å². The van der Waals surface area contributed by atoms with Crippen molar-refractivity contribution < 1.29 is 19.4 Å². The van der Waals surface area contributed by atoms with Crippen molar-refractivity contribution in [3.8, 4) is 11.5 Å². The Hall–Kier alpha value is -2.62. The third kappa shape index (κ3) is 1.48. The summed E-state index contributed by atoms with van der Waals surface area (Å²) in [6.07, 6.45) is 0. The van der Waals surface area contributed by atoms with Crippen molar-refractivity contribution >= 4 is 11.6 Å². The molecule has 2 aromatic rings. The SMILES string of the molecule is COc1c(C)c(O)cc2c1C(=O)c1ccccc1C2=O. The van der Waals surface area contributed by atoms with E-state index in [0.717, 1.165) is 0 Å². The molecular formula is C16H12O4. The minimum atomic E-state index is -0.274. The zero-order valence-corrected chi connectivity index (χ0v) is 11.1. The second-order valence-electron chi connectivity index (χ2n) is 4.68. The number of ether oxygens (including phenoxy) is 1. The van der Waals surface area contributed by atoms with Crippen molar-refractivity contribution in [2.45, 2.75) is 6.92 Å². The number of hydrogen-bond donors (Lipinski definition) is 1. The fourth-order valence-electron chi connectivity index (χ4n) is 2.56. The van der Waals surface area contributed by atoms with E-state index < -0.39 is 0 Å². The Bertz CT molecular complexity index is 759. The van der Waals surface area contributed by atoms with E-state index in [2.05, 4.69) is 0 Å². The van der Waals surface area contributed by atoms with Gasteiger partial charge in [0.2, 0.25) is 0 Å². The summed E-state index contributed by atoms with van der Waals surface area (Å²) in [4.78, 5) is 25.0. The lowest BCUT2D eigenvalue weighted by Crippen LogP contribution is -2.22. The highest BCUT2D eigenvalue weighted by Gasteiger charge is 2.33. The molecule has 0 atom stereocenters. The molecule has 0 radical (unpaired) electrons. The molecule has 0 aromatic heterocycles. The van der Waals surface area contributed by atoms with Gasteiger partial charge in [-0.05, 0) is 13.0 Å². The second kappa shape index (κ2) is 4.20. The van der Waals surface area contributed by atoms with Crippen LogP contribution in [-0.2, 0) is 0 Å². The molecule has 0 spiro atoms. The number of fused-ring (bicyclic) bond motifs is 2. The van der Waals surface area contributed by atoms with Gasteiger partial charge in [-0.2, -0.15) is 0 Å². The Morgan fingerprint density at radius 1 is 1.00 bits per heavy atom. The zero-order chi connectivity index (χ0) is 14.4. The number of phenols is 1. The Morgan fingerprint density at radius 3 is 2.20 bits per heavy atom. The van der Waals surface area contributed by atoms with Crippen LogP contribution in [0.2, 0.25) is 0 Å². The van der Waals surface area contributed by atoms with Crippen molar-refractivity contribution in [3.63, 3.8) is 0 Å². The molecule has 0 saturated heterocycles. The molecular weight excluding hydrogens is 256 g/mol. The van der Waals surface area contributed by atoms with Gasteiger partial charge in [-0.15, -0.1) is 0 Å². The Morgan fingerprint density at radius 2 is 1.60 bits per heavy atom. The van der Waals surface area contributed by atoms with Gasteiger partial charge in [0.05, 0.1) is 12.7 Å². The predicted octanol–water partition coefficient (Wildman–Crippen LogP) is 2.48. The fourth-order valence-corrected chi connectivity index (χ4v) is 2.56. The standard InChI is InChI=1S/C16H12O4/c1-8-12(17)7-11-13(16(8)20-2)15(19)10-6-4-3-5-9(10)14(11)18/h3-7,17H,1-2H3. The van der Waals surface area contributed by atoms with E-state index in [1.54, 1.807) is 31.2 Å². The van der Waals surface area contributed by atoms with E-state index in [0.29, 0.717) is 16.7 Å². The number of carbonyl (C=O) groups is 2. The third-order valence-corrected chi connectivity index (χ3v) is 3.59. The number of benzene rings is 2. The van der Waals surface area contributed by atoms with E-state index >= 15 is 0 Å². The lowest BCUT2D eigenvalue weighted by molar-refractivity contribution is 0.0976. The van der Waals surface area contributed by atoms with E-state index in [1.807, 2.05) is 0 Å². The summed E-state index contributed by atoms with van der Waals surface area (Å²) < 4.78 is 5.22. The van der Waals surface area contributed by atoms with Crippen molar-refractivity contribution in [2.75, 3.05) is 7.11 Å². The highest BCUT2D eigenvalue weighted by atomic mass is 16.5. The van der Waals surface area contributed by atoms with Crippen molar-refractivity contribution in [1.82, 2.24) is 0 Å². The molecule has 0 fully saturated rings. The lowest BCUT2D eigenvalue weighted by atomic mass is 9.82. The first-order valence-electron chi connectivity index (χ1n) is 6.15. The summed E-state index contributed by atoms with van der Waals surface area (Å²) in [5.41, 5.74) is 1.59. The first-order chi connectivity index (χ1) is 9.56. The Labute approximate surface area is 115 Å². The summed E-state index contributed by atoms with van der Waals surface area (Å²) >= 11 is 0. The minimum absolute atomic E-state index is 0.0545. The number of methoxy groups -OCH3 is 1. The average Bonchev–Trinajstić information content (AvgIpc) is 2.47. The van der Waals surface area contributed by atoms with Crippen LogP contribution in [0.15, 0.2) is 30.3 Å². The predicted molar refractivity (Wildman–Crippen MR) is 72.7 cm³/mol. The molecule has 2 aromatic carbocycles. The highest BCUT2D eigenvalue weighted by molar-refractivity contribution is 6.29. The summed E-state index contributed by atoms with van der Waals surface area (Å²) in [6.45, 7) is 1.65. The third-order valence-electron chi connectivity index (χ3n) is 3.59. The van der Waals surface area contributed by atoms with Crippen molar-refractivity contribution in [2.24, 2.45) is 0 Å². The second-order valence-corrected chi connectivity index (χ2v) is 4.68. The van der Waals surface area contributed by atoms with Crippen LogP contribution in [0.5, 0.6) is 11.5 Å². The number of hydrogen-bond acceptors (Lipinski definition) is 4. The quantitative estimate of drug-likeness (QED) is 0.736. The topological polar surface area (TPSA) is 63.6 Å². The summed E-state index contributed by atoms with van der Waals surface area (Å²) in [5, 5.41) is 9.90. The van der Waals surface area contributed by atoms with Crippen molar-refractivity contribution in [3.05, 3.63) is 58.1 Å². The number of carbonyl (C=O) groups excluding carboxylic acids is 2. The van der Waals surface area contributed by atoms with Crippen molar-refractivity contribution in [1.29, 1.82) is 0 Å². The Kier molecular flexibility index (Phi) is 2.61. The van der Waals surface area contributed by atoms with Gasteiger partial charge in [0.15, 0.2) is 11.6 Å². The van der Waals surface area contributed by atoms with Gasteiger partial charge in [-0.1, -0.05) is 24.3 Å². The summed E-state index contributed by atoms with van der Waals surface area (Å²) in [5.74, 6) is -0.326. The van der Waals surface area contributed by atoms with Crippen LogP contribution in [-0.4, -0.2) is 23.8 Å². The smallest absolute Gasteiger partial charge is 0.198 e. The first kappa shape index (κ1) is 12.4. The molecule has 1 aliphatic carbocycles. The maximum atomic E-state index is 12.6. The highest BCUT2D eigenvalue weighted by Crippen LogP contribution is 2.39. The lowest BCUT2D eigenvalue weighted by Gasteiger charge is -2.21. The van der Waals surface area contributed by atoms with Gasteiger partial charge in [-0.3, -0.25) is 9.59 Å². The van der Waals surface area contributed by atoms with E-state index in [4.69, 9.17) is 4.74 Å². The maximum Gasteiger partial charge on any atom is 0.198 e. The van der Waals surface area contributed by atoms with Gasteiger partial charge in [0.1, 0.15) is 11.5 Å². The van der Waals surface area contributed by atoms with Crippen LogP contribution in [0, 0.1) is 6.92 Å². The number of phenolic OH excluding ortho intramolecular Hbond substituents is 1. The zero-order valence-electron chi connectivity index (χ0n) is 11.1. The van der Waals surface area contributed by atoms with Gasteiger partial charge in [0, 0.05) is 22.3 Å². The summed E-state index contributed by atoms with van der Waals surface area (Å²) in [6, 6.07) is 8.00. The molecule has 0 bridgehead atoms. The minimum Gasteiger partial charge on any atom is -0.508 e. The van der Waals surface area contributed by atoms with Crippen LogP contribution in [0.1, 0.15) is 37.4 Å². The van der Waals surface area contributed by atoms with Gasteiger partial charge >= 0.3 is 0 Å². The number of aromatic hydroxyl groups is 1. The molecule has 0 unspecified atom stereocenters. The molecule has 4 heteroatoms. The van der Waals surface area contributed by atoms with Gasteiger partial charge in [-0.25, -0.2) is 0 Å². The molecule has 100 valence electrons. The Balaban J connectivity index is 2.39. The molecule has 3 rings (SSSR count). The molecule has 0 heterocycles. The molecule has 0 amide bonds. The van der Waals surface area contributed by atoms with Crippen LogP contribution < -0.4 is 4.74 Å². The van der Waals surface area contributed by atoms with E-state index in [1.165, 1.54) is 13.2 Å². The summed E-state index contributed by atoms with van der Waals surface area (Å²) in [7, 11) is 1.42. The molecule has 20 heavy (non-hydrogen) atoms. The van der Waals surface area contributed by atoms with Crippen LogP contribution >= 0.6 is 0 Å². The maximum absolute atomic E-state index is 12.6. The molecule has 0 saturated carbocycles. The first-order valence-corrected chi connectivity index (χ1v) is 6.15. The average molecular weight is 268 g/mol. The normalized spacial score (nSPS) is 12.9. The van der Waals surface area contributed by atoms with Gasteiger partial charge < -0.3 is 9.84 Å². The van der Waals surface area contributed by atoms with E-state index in [-0.39, 0.29) is 34.2 Å². The van der Waals surface area contributed by atoms with E-state index in [9.17, 15) is 14.7 Å². The molecule has 1 N–H and O–H groups in total. The molecule has 0 aliphatic heterocycles. The number of rotatable bonds is 1. The molecule has 1 aliphatic rings. The van der Waals surface area contributed by atoms with Gasteiger partial charge in [0.25, 0.3) is 0 Å². The van der Waals surface area contributed by atoms with Crippen LogP contribution in [0.4, 0.5) is 0 Å². The largest absolute Gasteiger partial charge is 0.508 e. The van der Waals surface area contributed by atoms with Crippen LogP contribution in [0.25, 0.3) is 0 Å².